The summed E-state index contributed by atoms with van der Waals surface area (Å²) in [6, 6.07) is 0. The highest BCUT2D eigenvalue weighted by molar-refractivity contribution is 7.17. The quantitative estimate of drug-likeness (QED) is 0.349. The molecule has 0 N–H and O–H groups in total. The molecule has 2 unspecified atom stereocenters. The summed E-state index contributed by atoms with van der Waals surface area (Å²) in [5.41, 5.74) is 0.870. The van der Waals surface area contributed by atoms with Crippen molar-refractivity contribution < 1.29 is 0 Å². The summed E-state index contributed by atoms with van der Waals surface area (Å²) >= 11 is 0. The van der Waals surface area contributed by atoms with Crippen LogP contribution in [0.2, 0.25) is 0 Å². The van der Waals surface area contributed by atoms with Gasteiger partial charge in [0.25, 0.3) is 0 Å². The first-order chi connectivity index (χ1) is 6.81. The maximum atomic E-state index is 2.96. The van der Waals surface area contributed by atoms with Gasteiger partial charge in [-0.3, -0.25) is 0 Å². The van der Waals surface area contributed by atoms with Gasteiger partial charge in [-0.2, -0.15) is 0 Å². The van der Waals surface area contributed by atoms with Crippen molar-refractivity contribution >= 4 is 9.24 Å². The maximum Gasteiger partial charge on any atom is -0.0267 e. The molecule has 0 saturated carbocycles. The smallest absolute Gasteiger partial charge is 0.0267 e. The number of rotatable bonds is 10. The van der Waals surface area contributed by atoms with Gasteiger partial charge < -0.3 is 0 Å². The average molecular weight is 216 g/mol. The van der Waals surface area contributed by atoms with Crippen molar-refractivity contribution in [3.63, 3.8) is 0 Å². The van der Waals surface area contributed by atoms with E-state index in [2.05, 4.69) is 23.1 Å². The largest absolute Gasteiger partial charge is 0.134 e. The third-order valence-electron chi connectivity index (χ3n) is 2.95. The molecule has 0 radical (unpaired) electrons. The van der Waals surface area contributed by atoms with E-state index in [1.807, 2.05) is 0 Å². The van der Waals surface area contributed by atoms with Gasteiger partial charge in [0, 0.05) is 0 Å². The van der Waals surface area contributed by atoms with Crippen molar-refractivity contribution in [1.82, 2.24) is 0 Å². The fourth-order valence-electron chi connectivity index (χ4n) is 1.74. The number of hydrogen-bond donors (Lipinski definition) is 0. The first-order valence-corrected chi connectivity index (χ1v) is 7.23. The summed E-state index contributed by atoms with van der Waals surface area (Å²) in [5.74, 6) is 0. The van der Waals surface area contributed by atoms with Gasteiger partial charge in [0.1, 0.15) is 0 Å². The van der Waals surface area contributed by atoms with Crippen LogP contribution in [0.5, 0.6) is 0 Å². The van der Waals surface area contributed by atoms with Crippen molar-refractivity contribution in [3.8, 4) is 0 Å². The highest BCUT2D eigenvalue weighted by Crippen LogP contribution is 2.15. The minimum Gasteiger partial charge on any atom is -0.134 e. The SMILES string of the molecule is CCCCCCCCCCC(P)CC. The van der Waals surface area contributed by atoms with Crippen LogP contribution in [0.4, 0.5) is 0 Å². The molecule has 0 amide bonds. The predicted octanol–water partition coefficient (Wildman–Crippen LogP) is 5.17. The molecule has 0 bridgehead atoms. The van der Waals surface area contributed by atoms with Gasteiger partial charge in [-0.1, -0.05) is 65.2 Å². The van der Waals surface area contributed by atoms with Crippen LogP contribution >= 0.6 is 9.24 Å². The monoisotopic (exact) mass is 216 g/mol. The van der Waals surface area contributed by atoms with Crippen LogP contribution in [0.15, 0.2) is 0 Å². The number of hydrogen-bond acceptors (Lipinski definition) is 0. The van der Waals surface area contributed by atoms with Crippen LogP contribution in [0.3, 0.4) is 0 Å². The molecular weight excluding hydrogens is 187 g/mol. The summed E-state index contributed by atoms with van der Waals surface area (Å²) in [4.78, 5) is 0. The summed E-state index contributed by atoms with van der Waals surface area (Å²) in [7, 11) is 2.96. The zero-order valence-electron chi connectivity index (χ0n) is 10.2. The molecule has 0 nitrogen and oxygen atoms in total. The van der Waals surface area contributed by atoms with E-state index in [9.17, 15) is 0 Å². The Labute approximate surface area is 93.4 Å². The van der Waals surface area contributed by atoms with E-state index in [0.717, 1.165) is 5.66 Å². The van der Waals surface area contributed by atoms with Crippen LogP contribution in [-0.4, -0.2) is 5.66 Å². The lowest BCUT2D eigenvalue weighted by Gasteiger charge is -2.07. The van der Waals surface area contributed by atoms with E-state index >= 15 is 0 Å². The van der Waals surface area contributed by atoms with E-state index in [1.54, 1.807) is 0 Å². The second kappa shape index (κ2) is 11.5. The van der Waals surface area contributed by atoms with Gasteiger partial charge in [0.05, 0.1) is 0 Å². The Hall–Kier alpha value is 0.430. The van der Waals surface area contributed by atoms with Crippen molar-refractivity contribution in [3.05, 3.63) is 0 Å². The highest BCUT2D eigenvalue weighted by Gasteiger charge is 1.97. The molecule has 0 aliphatic carbocycles. The van der Waals surface area contributed by atoms with Crippen molar-refractivity contribution in [2.45, 2.75) is 83.7 Å². The number of unbranched alkanes of at least 4 members (excludes halogenated alkanes) is 7. The molecule has 14 heavy (non-hydrogen) atoms. The lowest BCUT2D eigenvalue weighted by Crippen LogP contribution is -1.94. The lowest BCUT2D eigenvalue weighted by atomic mass is 10.1. The minimum absolute atomic E-state index is 0.870. The maximum absolute atomic E-state index is 2.96. The molecule has 0 spiro atoms. The van der Waals surface area contributed by atoms with Crippen molar-refractivity contribution in [2.24, 2.45) is 0 Å². The molecule has 0 aromatic carbocycles. The molecule has 0 fully saturated rings. The molecule has 2 atom stereocenters. The molecule has 0 aromatic heterocycles. The first kappa shape index (κ1) is 14.4. The first-order valence-electron chi connectivity index (χ1n) is 6.56. The van der Waals surface area contributed by atoms with E-state index < -0.39 is 0 Å². The zero-order valence-corrected chi connectivity index (χ0v) is 11.4. The van der Waals surface area contributed by atoms with Crippen molar-refractivity contribution in [2.75, 3.05) is 0 Å². The molecule has 0 heterocycles. The Morgan fingerprint density at radius 1 is 0.786 bits per heavy atom. The third-order valence-corrected chi connectivity index (χ3v) is 3.76. The standard InChI is InChI=1S/C13H29P/c1-3-5-6-7-8-9-10-11-12-13(14)4-2/h13H,3-12,14H2,1-2H3. The van der Waals surface area contributed by atoms with Gasteiger partial charge in [0.15, 0.2) is 0 Å². The van der Waals surface area contributed by atoms with Gasteiger partial charge in [-0.25, -0.2) is 0 Å². The Morgan fingerprint density at radius 2 is 1.29 bits per heavy atom. The van der Waals surface area contributed by atoms with Crippen LogP contribution in [0.1, 0.15) is 78.1 Å². The molecular formula is C13H29P. The van der Waals surface area contributed by atoms with Crippen molar-refractivity contribution in [1.29, 1.82) is 0 Å². The molecule has 0 aliphatic heterocycles. The van der Waals surface area contributed by atoms with Gasteiger partial charge in [-0.15, -0.1) is 9.24 Å². The summed E-state index contributed by atoms with van der Waals surface area (Å²) < 4.78 is 0. The topological polar surface area (TPSA) is 0 Å². The molecule has 0 rings (SSSR count). The highest BCUT2D eigenvalue weighted by atomic mass is 31.0. The molecule has 86 valence electrons. The fraction of sp³-hybridized carbons (Fsp3) is 1.00. The normalized spacial score (nSPS) is 13.1. The Kier molecular flexibility index (Phi) is 11.9. The Morgan fingerprint density at radius 3 is 1.79 bits per heavy atom. The second-order valence-corrected chi connectivity index (χ2v) is 5.37. The van der Waals surface area contributed by atoms with E-state index in [4.69, 9.17) is 0 Å². The molecule has 0 saturated heterocycles. The van der Waals surface area contributed by atoms with Gasteiger partial charge in [0.2, 0.25) is 0 Å². The van der Waals surface area contributed by atoms with Gasteiger partial charge >= 0.3 is 0 Å². The fourth-order valence-corrected chi connectivity index (χ4v) is 1.98. The average Bonchev–Trinajstić information content (AvgIpc) is 2.21. The summed E-state index contributed by atoms with van der Waals surface area (Å²) in [6.07, 6.45) is 14.3. The van der Waals surface area contributed by atoms with E-state index in [1.165, 1.54) is 64.2 Å². The van der Waals surface area contributed by atoms with Crippen LogP contribution < -0.4 is 0 Å². The van der Waals surface area contributed by atoms with E-state index in [0.29, 0.717) is 0 Å². The summed E-state index contributed by atoms with van der Waals surface area (Å²) in [6.45, 7) is 4.56. The second-order valence-electron chi connectivity index (χ2n) is 4.43. The third kappa shape index (κ3) is 10.5. The molecule has 0 aliphatic rings. The molecule has 1 heteroatoms. The van der Waals surface area contributed by atoms with Crippen LogP contribution in [0.25, 0.3) is 0 Å². The van der Waals surface area contributed by atoms with Crippen LogP contribution in [0, 0.1) is 0 Å². The zero-order chi connectivity index (χ0) is 10.6. The Balaban J connectivity index is 2.92. The lowest BCUT2D eigenvalue weighted by molar-refractivity contribution is 0.558. The van der Waals surface area contributed by atoms with E-state index in [-0.39, 0.29) is 0 Å². The minimum atomic E-state index is 0.870. The van der Waals surface area contributed by atoms with Gasteiger partial charge in [-0.05, 0) is 18.5 Å². The predicted molar refractivity (Wildman–Crippen MR) is 71.0 cm³/mol. The summed E-state index contributed by atoms with van der Waals surface area (Å²) in [5, 5.41) is 0. The van der Waals surface area contributed by atoms with Crippen LogP contribution in [-0.2, 0) is 0 Å². The molecule has 0 aromatic rings. The Bertz CT molecular complexity index is 101.